The number of rotatable bonds is 4. The van der Waals surface area contributed by atoms with Gasteiger partial charge in [-0.15, -0.1) is 0 Å². The molecule has 1 saturated heterocycles. The molecule has 0 amide bonds. The van der Waals surface area contributed by atoms with E-state index in [9.17, 15) is 10.2 Å². The number of phenolic OH excluding ortho intramolecular Hbond substituents is 2. The lowest BCUT2D eigenvalue weighted by Gasteiger charge is -2.32. The van der Waals surface area contributed by atoms with Crippen molar-refractivity contribution in [1.82, 2.24) is 15.2 Å². The summed E-state index contributed by atoms with van der Waals surface area (Å²) in [4.78, 5) is 4.45. The molecule has 5 N–H and O–H groups in total. The fourth-order valence-corrected chi connectivity index (χ4v) is 2.35. The van der Waals surface area contributed by atoms with Crippen molar-refractivity contribution in [3.8, 4) is 11.5 Å². The summed E-state index contributed by atoms with van der Waals surface area (Å²) in [6.45, 7) is 4.24. The van der Waals surface area contributed by atoms with E-state index in [1.54, 1.807) is 12.1 Å². The van der Waals surface area contributed by atoms with Gasteiger partial charge in [-0.3, -0.25) is 10.3 Å². The number of thiocarbonyl (C=S) groups is 1. The van der Waals surface area contributed by atoms with Crippen molar-refractivity contribution in [1.29, 1.82) is 0 Å². The Morgan fingerprint density at radius 2 is 2.05 bits per heavy atom. The molecule has 120 valence electrons. The maximum absolute atomic E-state index is 10.3. The zero-order chi connectivity index (χ0) is 16.1. The second kappa shape index (κ2) is 7.39. The third-order valence-electron chi connectivity index (χ3n) is 3.65. The summed E-state index contributed by atoms with van der Waals surface area (Å²) in [7, 11) is 2.08. The molecule has 1 fully saturated rings. The van der Waals surface area contributed by atoms with Crippen LogP contribution < -0.4 is 11.2 Å². The molecule has 0 unspecified atom stereocenters. The van der Waals surface area contributed by atoms with Crippen LogP contribution in [0.2, 0.25) is 0 Å². The first kappa shape index (κ1) is 16.5. The minimum Gasteiger partial charge on any atom is -0.507 e. The van der Waals surface area contributed by atoms with E-state index in [2.05, 4.69) is 39.6 Å². The van der Waals surface area contributed by atoms with Gasteiger partial charge in [-0.05, 0) is 31.4 Å². The maximum atomic E-state index is 10.3. The van der Waals surface area contributed by atoms with Crippen LogP contribution in [0, 0.1) is 0 Å². The first-order valence-corrected chi connectivity index (χ1v) is 7.41. The van der Waals surface area contributed by atoms with Crippen LogP contribution >= 0.6 is 12.2 Å². The summed E-state index contributed by atoms with van der Waals surface area (Å²) in [5.74, 6) is 0.100. The molecule has 0 atom stereocenters. The summed E-state index contributed by atoms with van der Waals surface area (Å²) in [5.41, 5.74) is 8.70. The van der Waals surface area contributed by atoms with E-state index in [0.717, 1.165) is 26.2 Å². The third kappa shape index (κ3) is 4.30. The standard InChI is InChI=1S/C14H21N5O2S/c1-18-4-6-19(7-5-18)9-11-12(20)3-2-10(13(11)21)8-16-17-14(15)22/h2-3,8,20-21H,4-7,9H2,1H3,(H3,15,17,22)/b16-8+. The van der Waals surface area contributed by atoms with Crippen LogP contribution in [0.15, 0.2) is 17.2 Å². The lowest BCUT2D eigenvalue weighted by Crippen LogP contribution is -2.43. The number of aromatic hydroxyl groups is 2. The quantitative estimate of drug-likeness (QED) is 0.352. The molecule has 0 spiro atoms. The Labute approximate surface area is 135 Å². The van der Waals surface area contributed by atoms with Crippen molar-refractivity contribution in [2.45, 2.75) is 6.54 Å². The van der Waals surface area contributed by atoms with E-state index in [-0.39, 0.29) is 16.6 Å². The Balaban J connectivity index is 2.13. The van der Waals surface area contributed by atoms with Crippen molar-refractivity contribution < 1.29 is 10.2 Å². The highest BCUT2D eigenvalue weighted by atomic mass is 32.1. The Kier molecular flexibility index (Phi) is 5.53. The van der Waals surface area contributed by atoms with Crippen LogP contribution in [0.25, 0.3) is 0 Å². The number of likely N-dealkylation sites (N-methyl/N-ethyl adjacent to an activating group) is 1. The zero-order valence-electron chi connectivity index (χ0n) is 12.5. The number of hydrazone groups is 1. The van der Waals surface area contributed by atoms with E-state index in [1.807, 2.05) is 0 Å². The number of piperazine rings is 1. The molecule has 1 aromatic carbocycles. The maximum Gasteiger partial charge on any atom is 0.184 e. The zero-order valence-corrected chi connectivity index (χ0v) is 13.3. The van der Waals surface area contributed by atoms with Crippen molar-refractivity contribution in [2.75, 3.05) is 33.2 Å². The first-order valence-electron chi connectivity index (χ1n) is 7.00. The van der Waals surface area contributed by atoms with Gasteiger partial charge in [0.2, 0.25) is 0 Å². The largest absolute Gasteiger partial charge is 0.507 e. The summed E-state index contributed by atoms with van der Waals surface area (Å²) < 4.78 is 0. The first-order chi connectivity index (χ1) is 10.5. The van der Waals surface area contributed by atoms with Crippen molar-refractivity contribution >= 4 is 23.5 Å². The molecule has 0 bridgehead atoms. The van der Waals surface area contributed by atoms with E-state index < -0.39 is 0 Å². The molecule has 0 aromatic heterocycles. The Morgan fingerprint density at radius 1 is 1.36 bits per heavy atom. The SMILES string of the molecule is CN1CCN(Cc2c(O)ccc(/C=N/NC(N)=S)c2O)CC1. The highest BCUT2D eigenvalue weighted by Crippen LogP contribution is 2.31. The monoisotopic (exact) mass is 323 g/mol. The molecule has 22 heavy (non-hydrogen) atoms. The number of nitrogens with zero attached hydrogens (tertiary/aromatic N) is 3. The number of nitrogens with two attached hydrogens (primary N) is 1. The van der Waals surface area contributed by atoms with Crippen molar-refractivity contribution in [3.05, 3.63) is 23.3 Å². The molecule has 2 rings (SSSR count). The Hall–Kier alpha value is -1.90. The molecule has 8 heteroatoms. The minimum absolute atomic E-state index is 0.0208. The number of phenols is 2. The second-order valence-electron chi connectivity index (χ2n) is 5.31. The van der Waals surface area contributed by atoms with Crippen molar-refractivity contribution in [3.63, 3.8) is 0 Å². The molecule has 0 radical (unpaired) electrons. The number of nitrogens with one attached hydrogen (secondary N) is 1. The van der Waals surface area contributed by atoms with Gasteiger partial charge in [-0.2, -0.15) is 5.10 Å². The lowest BCUT2D eigenvalue weighted by atomic mass is 10.1. The van der Waals surface area contributed by atoms with Gasteiger partial charge in [0.25, 0.3) is 0 Å². The molecule has 1 aliphatic rings. The molecule has 1 aliphatic heterocycles. The fraction of sp³-hybridized carbons (Fsp3) is 0.429. The molecule has 0 aliphatic carbocycles. The average Bonchev–Trinajstić information content (AvgIpc) is 2.47. The highest BCUT2D eigenvalue weighted by Gasteiger charge is 2.18. The predicted molar refractivity (Wildman–Crippen MR) is 90.1 cm³/mol. The summed E-state index contributed by atoms with van der Waals surface area (Å²) in [6.07, 6.45) is 1.42. The topological polar surface area (TPSA) is 97.4 Å². The van der Waals surface area contributed by atoms with E-state index in [1.165, 1.54) is 6.21 Å². The van der Waals surface area contributed by atoms with Gasteiger partial charge in [0.05, 0.1) is 11.8 Å². The lowest BCUT2D eigenvalue weighted by molar-refractivity contribution is 0.146. The predicted octanol–water partition coefficient (Wildman–Crippen LogP) is 0.0123. The number of hydrogen-bond acceptors (Lipinski definition) is 6. The van der Waals surface area contributed by atoms with Crippen LogP contribution in [-0.4, -0.2) is 64.6 Å². The normalized spacial score (nSPS) is 17.0. The third-order valence-corrected chi connectivity index (χ3v) is 3.74. The number of benzene rings is 1. The average molecular weight is 323 g/mol. The van der Waals surface area contributed by atoms with Gasteiger partial charge in [0.15, 0.2) is 5.11 Å². The van der Waals surface area contributed by atoms with Crippen LogP contribution in [0.3, 0.4) is 0 Å². The molecule has 0 saturated carbocycles. The summed E-state index contributed by atoms with van der Waals surface area (Å²) >= 11 is 4.65. The fourth-order valence-electron chi connectivity index (χ4n) is 2.30. The molecule has 1 aromatic rings. The van der Waals surface area contributed by atoms with Gasteiger partial charge < -0.3 is 20.8 Å². The number of hydrogen-bond donors (Lipinski definition) is 4. The molecule has 1 heterocycles. The Bertz CT molecular complexity index is 571. The summed E-state index contributed by atoms with van der Waals surface area (Å²) in [5, 5.41) is 24.2. The van der Waals surface area contributed by atoms with E-state index in [4.69, 9.17) is 5.73 Å². The summed E-state index contributed by atoms with van der Waals surface area (Å²) in [6, 6.07) is 3.14. The minimum atomic E-state index is 0.0208. The van der Waals surface area contributed by atoms with Gasteiger partial charge >= 0.3 is 0 Å². The van der Waals surface area contributed by atoms with Gasteiger partial charge in [0.1, 0.15) is 11.5 Å². The van der Waals surface area contributed by atoms with Crippen LogP contribution in [0.5, 0.6) is 11.5 Å². The van der Waals surface area contributed by atoms with Crippen LogP contribution in [-0.2, 0) is 6.54 Å². The van der Waals surface area contributed by atoms with Crippen LogP contribution in [0.4, 0.5) is 0 Å². The Morgan fingerprint density at radius 3 is 2.68 bits per heavy atom. The van der Waals surface area contributed by atoms with E-state index in [0.29, 0.717) is 17.7 Å². The highest BCUT2D eigenvalue weighted by molar-refractivity contribution is 7.80. The molecule has 7 nitrogen and oxygen atoms in total. The molecular weight excluding hydrogens is 302 g/mol. The van der Waals surface area contributed by atoms with Gasteiger partial charge in [-0.25, -0.2) is 0 Å². The smallest absolute Gasteiger partial charge is 0.184 e. The van der Waals surface area contributed by atoms with Gasteiger partial charge in [0, 0.05) is 38.3 Å². The van der Waals surface area contributed by atoms with Gasteiger partial charge in [-0.1, -0.05) is 0 Å². The van der Waals surface area contributed by atoms with Crippen molar-refractivity contribution in [2.24, 2.45) is 10.8 Å². The van der Waals surface area contributed by atoms with Crippen LogP contribution in [0.1, 0.15) is 11.1 Å². The van der Waals surface area contributed by atoms with E-state index >= 15 is 0 Å². The second-order valence-corrected chi connectivity index (χ2v) is 5.75. The molecular formula is C14H21N5O2S.